The molecule has 0 bridgehead atoms. The first kappa shape index (κ1) is 13.6. The summed E-state index contributed by atoms with van der Waals surface area (Å²) in [6.45, 7) is 2.17. The Bertz CT molecular complexity index is 462. The second-order valence-electron chi connectivity index (χ2n) is 5.00. The molecular formula is C14H20N2O3. The Morgan fingerprint density at radius 1 is 1.37 bits per heavy atom. The number of hydrogen-bond acceptors (Lipinski definition) is 5. The fourth-order valence-corrected chi connectivity index (χ4v) is 2.36. The van der Waals surface area contributed by atoms with Gasteiger partial charge in [0.25, 0.3) is 0 Å². The molecule has 1 aromatic rings. The molecule has 1 saturated carbocycles. The van der Waals surface area contributed by atoms with Crippen LogP contribution in [0.25, 0.3) is 0 Å². The number of nitrogen functional groups attached to an aromatic ring is 1. The van der Waals surface area contributed by atoms with Crippen LogP contribution in [-0.2, 0) is 4.74 Å². The van der Waals surface area contributed by atoms with Gasteiger partial charge in [-0.05, 0) is 37.3 Å². The van der Waals surface area contributed by atoms with Crippen LogP contribution >= 0.6 is 0 Å². The lowest BCUT2D eigenvalue weighted by molar-refractivity contribution is 0.0588. The van der Waals surface area contributed by atoms with Crippen LogP contribution in [0.2, 0.25) is 0 Å². The van der Waals surface area contributed by atoms with Crippen molar-refractivity contribution in [2.45, 2.75) is 38.7 Å². The molecule has 2 unspecified atom stereocenters. The topological polar surface area (TPSA) is 74.4 Å². The van der Waals surface area contributed by atoms with Crippen molar-refractivity contribution >= 4 is 11.7 Å². The Labute approximate surface area is 113 Å². The van der Waals surface area contributed by atoms with Gasteiger partial charge in [-0.15, -0.1) is 0 Å². The van der Waals surface area contributed by atoms with Gasteiger partial charge in [0, 0.05) is 0 Å². The van der Waals surface area contributed by atoms with Crippen LogP contribution < -0.4 is 10.5 Å². The van der Waals surface area contributed by atoms with Gasteiger partial charge in [-0.3, -0.25) is 0 Å². The quantitative estimate of drug-likeness (QED) is 0.848. The molecule has 0 saturated heterocycles. The molecule has 1 aliphatic carbocycles. The highest BCUT2D eigenvalue weighted by atomic mass is 16.5. The lowest BCUT2D eigenvalue weighted by Gasteiger charge is -2.29. The van der Waals surface area contributed by atoms with E-state index in [1.165, 1.54) is 13.5 Å². The molecule has 19 heavy (non-hydrogen) atoms. The van der Waals surface area contributed by atoms with Crippen LogP contribution in [0, 0.1) is 5.92 Å². The molecule has 1 heterocycles. The number of pyridine rings is 1. The predicted octanol–water partition coefficient (Wildman–Crippen LogP) is 2.41. The lowest BCUT2D eigenvalue weighted by atomic mass is 9.88. The van der Waals surface area contributed by atoms with Gasteiger partial charge < -0.3 is 15.2 Å². The molecule has 1 fully saturated rings. The van der Waals surface area contributed by atoms with E-state index in [1.807, 2.05) is 0 Å². The summed E-state index contributed by atoms with van der Waals surface area (Å²) in [7, 11) is 1.32. The van der Waals surface area contributed by atoms with Gasteiger partial charge in [-0.25, -0.2) is 9.78 Å². The van der Waals surface area contributed by atoms with Gasteiger partial charge in [0.1, 0.15) is 6.10 Å². The zero-order valence-electron chi connectivity index (χ0n) is 11.4. The number of nitrogens with two attached hydrogens (primary N) is 1. The zero-order valence-corrected chi connectivity index (χ0v) is 11.4. The number of methoxy groups -OCH3 is 1. The summed E-state index contributed by atoms with van der Waals surface area (Å²) in [5.74, 6) is 0.333. The summed E-state index contributed by atoms with van der Waals surface area (Å²) in [5, 5.41) is 0. The molecule has 0 aliphatic heterocycles. The average Bonchev–Trinajstić information content (AvgIpc) is 2.42. The van der Waals surface area contributed by atoms with Crippen LogP contribution in [0.1, 0.15) is 43.1 Å². The van der Waals surface area contributed by atoms with Crippen molar-refractivity contribution in [3.8, 4) is 5.88 Å². The molecule has 0 spiro atoms. The van der Waals surface area contributed by atoms with Crippen LogP contribution in [-0.4, -0.2) is 24.2 Å². The van der Waals surface area contributed by atoms with Crippen LogP contribution in [0.4, 0.5) is 5.69 Å². The van der Waals surface area contributed by atoms with E-state index < -0.39 is 5.97 Å². The highest BCUT2D eigenvalue weighted by Gasteiger charge is 2.24. The van der Waals surface area contributed by atoms with Gasteiger partial charge in [0.2, 0.25) is 5.88 Å². The van der Waals surface area contributed by atoms with Crippen LogP contribution in [0.15, 0.2) is 12.1 Å². The monoisotopic (exact) mass is 264 g/mol. The van der Waals surface area contributed by atoms with Crippen molar-refractivity contribution < 1.29 is 14.3 Å². The Morgan fingerprint density at radius 3 is 2.79 bits per heavy atom. The van der Waals surface area contributed by atoms with Crippen molar-refractivity contribution in [2.75, 3.05) is 12.8 Å². The Balaban J connectivity index is 2.16. The molecule has 0 amide bonds. The summed E-state index contributed by atoms with van der Waals surface area (Å²) in [5.41, 5.74) is 6.52. The third-order valence-corrected chi connectivity index (χ3v) is 3.58. The predicted molar refractivity (Wildman–Crippen MR) is 72.0 cm³/mol. The van der Waals surface area contributed by atoms with Crippen LogP contribution in [0.3, 0.4) is 0 Å². The summed E-state index contributed by atoms with van der Waals surface area (Å²) in [6.07, 6.45) is 4.68. The standard InChI is InChI=1S/C14H20N2O3/c1-9-5-3-4-6-12(9)19-13-10(15)7-8-11(16-13)14(17)18-2/h7-9,12H,3-6,15H2,1-2H3. The maximum atomic E-state index is 11.5. The van der Waals surface area contributed by atoms with E-state index in [9.17, 15) is 4.79 Å². The minimum Gasteiger partial charge on any atom is -0.473 e. The Kier molecular flexibility index (Phi) is 4.24. The number of rotatable bonds is 3. The largest absolute Gasteiger partial charge is 0.473 e. The fourth-order valence-electron chi connectivity index (χ4n) is 2.36. The summed E-state index contributed by atoms with van der Waals surface area (Å²) < 4.78 is 10.5. The second-order valence-corrected chi connectivity index (χ2v) is 5.00. The van der Waals surface area contributed by atoms with Gasteiger partial charge in [0.15, 0.2) is 5.69 Å². The van der Waals surface area contributed by atoms with Crippen molar-refractivity contribution in [1.82, 2.24) is 4.98 Å². The fraction of sp³-hybridized carbons (Fsp3) is 0.571. The molecule has 2 rings (SSSR count). The van der Waals surface area contributed by atoms with Crippen molar-refractivity contribution in [3.63, 3.8) is 0 Å². The molecule has 1 aliphatic rings. The summed E-state index contributed by atoms with van der Waals surface area (Å²) in [4.78, 5) is 15.6. The molecule has 1 aromatic heterocycles. The van der Waals surface area contributed by atoms with E-state index in [0.717, 1.165) is 19.3 Å². The van der Waals surface area contributed by atoms with Gasteiger partial charge in [-0.1, -0.05) is 13.3 Å². The normalized spacial score (nSPS) is 22.8. The molecule has 0 radical (unpaired) electrons. The molecule has 0 aromatic carbocycles. The number of ether oxygens (including phenoxy) is 2. The average molecular weight is 264 g/mol. The lowest BCUT2D eigenvalue weighted by Crippen LogP contribution is -2.29. The van der Waals surface area contributed by atoms with Crippen molar-refractivity contribution in [2.24, 2.45) is 5.92 Å². The molecular weight excluding hydrogens is 244 g/mol. The maximum Gasteiger partial charge on any atom is 0.356 e. The van der Waals surface area contributed by atoms with Gasteiger partial charge >= 0.3 is 5.97 Å². The van der Waals surface area contributed by atoms with E-state index in [-0.39, 0.29) is 11.8 Å². The van der Waals surface area contributed by atoms with E-state index in [0.29, 0.717) is 17.5 Å². The molecule has 5 heteroatoms. The SMILES string of the molecule is COC(=O)c1ccc(N)c(OC2CCCCC2C)n1. The number of anilines is 1. The third-order valence-electron chi connectivity index (χ3n) is 3.58. The zero-order chi connectivity index (χ0) is 13.8. The van der Waals surface area contributed by atoms with E-state index >= 15 is 0 Å². The first-order valence-electron chi connectivity index (χ1n) is 6.63. The minimum atomic E-state index is -0.485. The second kappa shape index (κ2) is 5.91. The molecule has 5 nitrogen and oxygen atoms in total. The number of aromatic nitrogens is 1. The number of esters is 1. The van der Waals surface area contributed by atoms with E-state index in [1.54, 1.807) is 12.1 Å². The molecule has 2 atom stereocenters. The van der Waals surface area contributed by atoms with E-state index in [4.69, 9.17) is 10.5 Å². The van der Waals surface area contributed by atoms with Crippen LogP contribution in [0.5, 0.6) is 5.88 Å². The number of nitrogens with zero attached hydrogens (tertiary/aromatic N) is 1. The highest BCUT2D eigenvalue weighted by molar-refractivity contribution is 5.87. The Hall–Kier alpha value is -1.78. The summed E-state index contributed by atoms with van der Waals surface area (Å²) >= 11 is 0. The smallest absolute Gasteiger partial charge is 0.356 e. The number of carbonyl (C=O) groups is 1. The highest BCUT2D eigenvalue weighted by Crippen LogP contribution is 2.29. The first-order valence-corrected chi connectivity index (χ1v) is 6.63. The van der Waals surface area contributed by atoms with Gasteiger partial charge in [0.05, 0.1) is 12.8 Å². The van der Waals surface area contributed by atoms with Gasteiger partial charge in [-0.2, -0.15) is 0 Å². The minimum absolute atomic E-state index is 0.122. The van der Waals surface area contributed by atoms with Crippen molar-refractivity contribution in [1.29, 1.82) is 0 Å². The number of hydrogen-bond donors (Lipinski definition) is 1. The number of carbonyl (C=O) groups excluding carboxylic acids is 1. The third kappa shape index (κ3) is 3.16. The maximum absolute atomic E-state index is 11.5. The molecule has 2 N–H and O–H groups in total. The van der Waals surface area contributed by atoms with E-state index in [2.05, 4.69) is 16.6 Å². The molecule has 104 valence electrons. The van der Waals surface area contributed by atoms with Crippen molar-refractivity contribution in [3.05, 3.63) is 17.8 Å². The Morgan fingerprint density at radius 2 is 2.11 bits per heavy atom. The summed E-state index contributed by atoms with van der Waals surface area (Å²) in [6, 6.07) is 3.17. The first-order chi connectivity index (χ1) is 9.11.